The third kappa shape index (κ3) is 2.90. The molecule has 5 heteroatoms. The number of hydrogen-bond acceptors (Lipinski definition) is 4. The summed E-state index contributed by atoms with van der Waals surface area (Å²) in [5.74, 6) is 1.13. The highest BCUT2D eigenvalue weighted by molar-refractivity contribution is 5.97. The molecule has 0 aliphatic carbocycles. The quantitative estimate of drug-likeness (QED) is 0.713. The fourth-order valence-corrected chi connectivity index (χ4v) is 3.55. The molecule has 0 N–H and O–H groups in total. The van der Waals surface area contributed by atoms with Crippen LogP contribution < -0.4 is 4.90 Å². The zero-order valence-electron chi connectivity index (χ0n) is 15.2. The molecule has 26 heavy (non-hydrogen) atoms. The number of carbonyl (C=O) groups is 1. The first-order valence-electron chi connectivity index (χ1n) is 8.80. The Kier molecular flexibility index (Phi) is 4.07. The molecule has 1 aliphatic heterocycles. The van der Waals surface area contributed by atoms with Crippen LogP contribution in [-0.2, 0) is 4.79 Å². The Bertz CT molecular complexity index is 977. The average Bonchev–Trinajstić information content (AvgIpc) is 3.22. The number of nitrogens with zero attached hydrogens (tertiary/aromatic N) is 3. The number of benzene rings is 2. The van der Waals surface area contributed by atoms with E-state index in [9.17, 15) is 4.79 Å². The predicted octanol–water partition coefficient (Wildman–Crippen LogP) is 4.18. The summed E-state index contributed by atoms with van der Waals surface area (Å²) in [5, 5.41) is 4.13. The molecule has 3 aromatic rings. The zero-order valence-corrected chi connectivity index (χ0v) is 15.2. The fourth-order valence-electron chi connectivity index (χ4n) is 3.55. The Labute approximate surface area is 152 Å². The van der Waals surface area contributed by atoms with Gasteiger partial charge < -0.3 is 9.42 Å². The Morgan fingerprint density at radius 1 is 1.08 bits per heavy atom. The van der Waals surface area contributed by atoms with Crippen LogP contribution in [0.25, 0.3) is 11.4 Å². The van der Waals surface area contributed by atoms with Gasteiger partial charge in [0.15, 0.2) is 0 Å². The van der Waals surface area contributed by atoms with Gasteiger partial charge in [-0.15, -0.1) is 0 Å². The van der Waals surface area contributed by atoms with Crippen LogP contribution in [0.1, 0.15) is 34.9 Å². The summed E-state index contributed by atoms with van der Waals surface area (Å²) in [4.78, 5) is 19.0. The van der Waals surface area contributed by atoms with E-state index in [0.29, 0.717) is 24.7 Å². The lowest BCUT2D eigenvalue weighted by Crippen LogP contribution is -2.25. The molecule has 1 fully saturated rings. The second-order valence-corrected chi connectivity index (χ2v) is 6.97. The Morgan fingerprint density at radius 3 is 2.65 bits per heavy atom. The van der Waals surface area contributed by atoms with Gasteiger partial charge in [0.25, 0.3) is 0 Å². The normalized spacial score (nSPS) is 17.1. The lowest BCUT2D eigenvalue weighted by molar-refractivity contribution is -0.117. The molecule has 1 aromatic heterocycles. The van der Waals surface area contributed by atoms with E-state index in [4.69, 9.17) is 4.52 Å². The predicted molar refractivity (Wildman–Crippen MR) is 100 cm³/mol. The second kappa shape index (κ2) is 6.41. The standard InChI is InChI=1S/C21H21N3O2/c1-13-8-9-18(15(3)10-13)24-12-16(11-19(24)25)21-22-20(23-26-21)17-7-5-4-6-14(17)2/h4-10,16H,11-12H2,1-3H3/t16-/m1/s1. The molecule has 1 aliphatic rings. The molecule has 132 valence electrons. The van der Waals surface area contributed by atoms with Crippen molar-refractivity contribution >= 4 is 11.6 Å². The Morgan fingerprint density at radius 2 is 1.88 bits per heavy atom. The second-order valence-electron chi connectivity index (χ2n) is 6.97. The highest BCUT2D eigenvalue weighted by Crippen LogP contribution is 2.33. The minimum absolute atomic E-state index is 0.0755. The van der Waals surface area contributed by atoms with Crippen LogP contribution in [0.3, 0.4) is 0 Å². The molecule has 2 aromatic carbocycles. The number of amides is 1. The van der Waals surface area contributed by atoms with Crippen molar-refractivity contribution in [3.63, 3.8) is 0 Å². The summed E-state index contributed by atoms with van der Waals surface area (Å²) in [6.07, 6.45) is 0.392. The van der Waals surface area contributed by atoms with E-state index in [-0.39, 0.29) is 11.8 Å². The molecule has 0 spiro atoms. The maximum atomic E-state index is 12.6. The topological polar surface area (TPSA) is 59.2 Å². The molecule has 1 saturated heterocycles. The molecule has 1 atom stereocenters. The summed E-state index contributed by atoms with van der Waals surface area (Å²) >= 11 is 0. The molecule has 5 nitrogen and oxygen atoms in total. The maximum Gasteiger partial charge on any atom is 0.232 e. The third-order valence-corrected chi connectivity index (χ3v) is 4.95. The molecule has 1 amide bonds. The highest BCUT2D eigenvalue weighted by atomic mass is 16.5. The van der Waals surface area contributed by atoms with Crippen LogP contribution in [0.5, 0.6) is 0 Å². The number of aromatic nitrogens is 2. The van der Waals surface area contributed by atoms with Crippen molar-refractivity contribution in [1.82, 2.24) is 10.1 Å². The summed E-state index contributed by atoms with van der Waals surface area (Å²) in [7, 11) is 0. The molecule has 0 radical (unpaired) electrons. The van der Waals surface area contributed by atoms with Gasteiger partial charge in [0.2, 0.25) is 17.6 Å². The first-order valence-corrected chi connectivity index (χ1v) is 8.80. The van der Waals surface area contributed by atoms with E-state index < -0.39 is 0 Å². The van der Waals surface area contributed by atoms with Crippen LogP contribution in [0.4, 0.5) is 5.69 Å². The zero-order chi connectivity index (χ0) is 18.3. The smallest absolute Gasteiger partial charge is 0.232 e. The largest absolute Gasteiger partial charge is 0.339 e. The minimum atomic E-state index is -0.0755. The van der Waals surface area contributed by atoms with E-state index in [1.807, 2.05) is 55.1 Å². The summed E-state index contributed by atoms with van der Waals surface area (Å²) in [6.45, 7) is 6.67. The van der Waals surface area contributed by atoms with Gasteiger partial charge in [0.1, 0.15) is 0 Å². The third-order valence-electron chi connectivity index (χ3n) is 4.95. The molecule has 0 bridgehead atoms. The number of hydrogen-bond donors (Lipinski definition) is 0. The fraction of sp³-hybridized carbons (Fsp3) is 0.286. The van der Waals surface area contributed by atoms with Crippen molar-refractivity contribution in [2.24, 2.45) is 0 Å². The highest BCUT2D eigenvalue weighted by Gasteiger charge is 2.35. The van der Waals surface area contributed by atoms with Gasteiger partial charge in [-0.2, -0.15) is 4.98 Å². The van der Waals surface area contributed by atoms with Crippen LogP contribution in [0.2, 0.25) is 0 Å². The van der Waals surface area contributed by atoms with Gasteiger partial charge in [-0.1, -0.05) is 47.1 Å². The van der Waals surface area contributed by atoms with E-state index in [0.717, 1.165) is 22.4 Å². The van der Waals surface area contributed by atoms with Gasteiger partial charge in [-0.3, -0.25) is 4.79 Å². The average molecular weight is 347 g/mol. The lowest BCUT2D eigenvalue weighted by atomic mass is 10.1. The van der Waals surface area contributed by atoms with E-state index in [1.54, 1.807) is 0 Å². The van der Waals surface area contributed by atoms with Gasteiger partial charge >= 0.3 is 0 Å². The van der Waals surface area contributed by atoms with Crippen molar-refractivity contribution < 1.29 is 9.32 Å². The molecule has 0 saturated carbocycles. The first-order chi connectivity index (χ1) is 12.5. The number of rotatable bonds is 3. The van der Waals surface area contributed by atoms with Crippen LogP contribution >= 0.6 is 0 Å². The van der Waals surface area contributed by atoms with Crippen molar-refractivity contribution in [3.05, 3.63) is 65.0 Å². The first kappa shape index (κ1) is 16.5. The van der Waals surface area contributed by atoms with Crippen molar-refractivity contribution in [2.45, 2.75) is 33.1 Å². The van der Waals surface area contributed by atoms with Crippen molar-refractivity contribution in [2.75, 3.05) is 11.4 Å². The molecular formula is C21H21N3O2. The molecular weight excluding hydrogens is 326 g/mol. The summed E-state index contributed by atoms with van der Waals surface area (Å²) in [5.41, 5.74) is 5.30. The summed E-state index contributed by atoms with van der Waals surface area (Å²) < 4.78 is 5.50. The van der Waals surface area contributed by atoms with Crippen molar-refractivity contribution in [1.29, 1.82) is 0 Å². The number of aryl methyl sites for hydroxylation is 3. The van der Waals surface area contributed by atoms with E-state index >= 15 is 0 Å². The lowest BCUT2D eigenvalue weighted by Gasteiger charge is -2.19. The van der Waals surface area contributed by atoms with Crippen molar-refractivity contribution in [3.8, 4) is 11.4 Å². The van der Waals surface area contributed by atoms with Crippen LogP contribution in [0, 0.1) is 20.8 Å². The summed E-state index contributed by atoms with van der Waals surface area (Å²) in [6, 6.07) is 14.1. The van der Waals surface area contributed by atoms with Gasteiger partial charge in [0.05, 0.1) is 5.92 Å². The van der Waals surface area contributed by atoms with E-state index in [2.05, 4.69) is 23.1 Å². The Balaban J connectivity index is 1.59. The SMILES string of the molecule is Cc1ccc(N2C[C@H](c3nc(-c4ccccc4C)no3)CC2=O)c(C)c1. The van der Waals surface area contributed by atoms with Gasteiger partial charge in [-0.05, 0) is 38.0 Å². The van der Waals surface area contributed by atoms with Crippen LogP contribution in [0.15, 0.2) is 47.0 Å². The Hall–Kier alpha value is -2.95. The van der Waals surface area contributed by atoms with Gasteiger partial charge in [-0.25, -0.2) is 0 Å². The number of anilines is 1. The van der Waals surface area contributed by atoms with E-state index in [1.165, 1.54) is 5.56 Å². The maximum absolute atomic E-state index is 12.6. The molecule has 4 rings (SSSR count). The molecule has 0 unspecified atom stereocenters. The minimum Gasteiger partial charge on any atom is -0.339 e. The number of carbonyl (C=O) groups excluding carboxylic acids is 1. The monoisotopic (exact) mass is 347 g/mol. The van der Waals surface area contributed by atoms with Crippen LogP contribution in [-0.4, -0.2) is 22.6 Å². The van der Waals surface area contributed by atoms with Gasteiger partial charge in [0, 0.05) is 24.2 Å². The molecule has 2 heterocycles.